The van der Waals surface area contributed by atoms with E-state index in [4.69, 9.17) is 9.47 Å². The smallest absolute Gasteiger partial charge is 0.306 e. The molecule has 5 fully saturated rings. The molecule has 268 valence electrons. The summed E-state index contributed by atoms with van der Waals surface area (Å²) in [6.07, 6.45) is 13.8. The maximum Gasteiger partial charge on any atom is 0.306 e. The molecule has 5 aliphatic carbocycles. The Hall–Kier alpha value is -1.40. The number of allylic oxidation sites excluding steroid dienone is 1. The van der Waals surface area contributed by atoms with Crippen molar-refractivity contribution in [3.63, 3.8) is 0 Å². The van der Waals surface area contributed by atoms with E-state index < -0.39 is 11.4 Å². The zero-order valence-corrected chi connectivity index (χ0v) is 31.6. The van der Waals surface area contributed by atoms with Crippen molar-refractivity contribution in [1.82, 2.24) is 5.32 Å². The number of carbonyl (C=O) groups is 2. The van der Waals surface area contributed by atoms with Crippen LogP contribution in [0.3, 0.4) is 0 Å². The van der Waals surface area contributed by atoms with Crippen molar-refractivity contribution in [3.05, 3.63) is 12.2 Å². The summed E-state index contributed by atoms with van der Waals surface area (Å²) in [5.74, 6) is 2.20. The standard InChI is InChI=1S/C41H69NO5/c1-27(2)28-13-18-41(21-22-42-23-24-46-10)20-19-39(8)29(35(28)41)11-12-31-38(7)16-15-32(37(5,6)30(38)14-17-40(31,39)9)47-34(45)26-36(3,4)25-33(43)44/h28-32,35,42H,1,11-26H2,2-10H3,(H,43,44)/t28-,29+,30?,31?,32-,35+,38-,39+,40+,41+/m0/s1. The number of carbonyl (C=O) groups excluding carboxylic acids is 1. The number of ether oxygens (including phenoxy) is 2. The van der Waals surface area contributed by atoms with Gasteiger partial charge in [0.2, 0.25) is 0 Å². The van der Waals surface area contributed by atoms with E-state index in [1.54, 1.807) is 7.11 Å². The molecule has 0 aromatic carbocycles. The van der Waals surface area contributed by atoms with Crippen LogP contribution in [0.5, 0.6) is 0 Å². The fraction of sp³-hybridized carbons (Fsp3) is 0.902. The van der Waals surface area contributed by atoms with Crippen LogP contribution in [0.25, 0.3) is 0 Å². The fourth-order valence-corrected chi connectivity index (χ4v) is 13.6. The van der Waals surface area contributed by atoms with E-state index in [1.165, 1.54) is 63.4 Å². The number of carboxylic acid groups (broad SMARTS) is 1. The summed E-state index contributed by atoms with van der Waals surface area (Å²) in [6.45, 7) is 26.1. The van der Waals surface area contributed by atoms with Crippen LogP contribution >= 0.6 is 0 Å². The summed E-state index contributed by atoms with van der Waals surface area (Å²) in [5, 5.41) is 13.0. The van der Waals surface area contributed by atoms with Gasteiger partial charge in [0, 0.05) is 19.1 Å². The first-order valence-electron chi connectivity index (χ1n) is 19.1. The highest BCUT2D eigenvalue weighted by Gasteiger charge is 2.71. The van der Waals surface area contributed by atoms with Crippen LogP contribution in [0.4, 0.5) is 0 Å². The topological polar surface area (TPSA) is 84.9 Å². The van der Waals surface area contributed by atoms with Crippen molar-refractivity contribution in [2.75, 3.05) is 26.8 Å². The quantitative estimate of drug-likeness (QED) is 0.124. The number of hydrogen-bond acceptors (Lipinski definition) is 5. The molecule has 0 aromatic rings. The lowest BCUT2D eigenvalue weighted by Gasteiger charge is -2.73. The SMILES string of the molecule is C=C(C)[C@@H]1CC[C@]2(CCNCCOC)CC[C@]3(C)[C@H](CCC4[C@@]5(C)CC[C@H](OC(=O)CC(C)(C)CC(=O)O)C(C)(C)C5CC[C@]43C)[C@@H]12. The summed E-state index contributed by atoms with van der Waals surface area (Å²) in [4.78, 5) is 24.5. The first-order valence-corrected chi connectivity index (χ1v) is 19.1. The van der Waals surface area contributed by atoms with Crippen molar-refractivity contribution < 1.29 is 24.2 Å². The maximum atomic E-state index is 13.2. The molecule has 5 aliphatic rings. The Balaban J connectivity index is 1.36. The summed E-state index contributed by atoms with van der Waals surface area (Å²) in [5.41, 5.74) is 1.96. The van der Waals surface area contributed by atoms with Gasteiger partial charge in [0.05, 0.1) is 19.4 Å². The first-order chi connectivity index (χ1) is 21.9. The first kappa shape index (κ1) is 36.9. The number of carboxylic acids is 1. The Morgan fingerprint density at radius 3 is 2.26 bits per heavy atom. The van der Waals surface area contributed by atoms with Gasteiger partial charge in [-0.25, -0.2) is 0 Å². The summed E-state index contributed by atoms with van der Waals surface area (Å²) in [7, 11) is 1.78. The van der Waals surface area contributed by atoms with Crippen LogP contribution < -0.4 is 5.32 Å². The molecule has 0 saturated heterocycles. The van der Waals surface area contributed by atoms with E-state index in [0.29, 0.717) is 34.0 Å². The molecular weight excluding hydrogens is 586 g/mol. The molecule has 5 saturated carbocycles. The van der Waals surface area contributed by atoms with E-state index in [0.717, 1.165) is 44.4 Å². The minimum Gasteiger partial charge on any atom is -0.481 e. The van der Waals surface area contributed by atoms with Crippen LogP contribution in [-0.4, -0.2) is 50.0 Å². The molecule has 0 radical (unpaired) electrons. The molecule has 10 atom stereocenters. The summed E-state index contributed by atoms with van der Waals surface area (Å²) < 4.78 is 11.6. The number of nitrogens with one attached hydrogen (secondary N) is 1. The maximum absolute atomic E-state index is 13.2. The number of rotatable bonds is 12. The second-order valence-corrected chi connectivity index (χ2v) is 19.3. The summed E-state index contributed by atoms with van der Waals surface area (Å²) in [6, 6.07) is 0. The van der Waals surface area contributed by atoms with E-state index >= 15 is 0 Å². The second-order valence-electron chi connectivity index (χ2n) is 19.3. The number of esters is 1. The lowest BCUT2D eigenvalue weighted by atomic mass is 9.32. The number of hydrogen-bond donors (Lipinski definition) is 2. The monoisotopic (exact) mass is 656 g/mol. The number of fused-ring (bicyclic) bond motifs is 7. The van der Waals surface area contributed by atoms with E-state index in [1.807, 2.05) is 13.8 Å². The van der Waals surface area contributed by atoms with Crippen molar-refractivity contribution >= 4 is 11.9 Å². The molecule has 6 nitrogen and oxygen atoms in total. The Bertz CT molecular complexity index is 1190. The molecule has 0 aromatic heterocycles. The average Bonchev–Trinajstić information content (AvgIpc) is 3.34. The van der Waals surface area contributed by atoms with Gasteiger partial charge in [-0.3, -0.25) is 9.59 Å². The third-order valence-corrected chi connectivity index (χ3v) is 16.0. The molecule has 0 bridgehead atoms. The zero-order valence-electron chi connectivity index (χ0n) is 31.6. The molecule has 0 heterocycles. The third kappa shape index (κ3) is 6.27. The highest BCUT2D eigenvalue weighted by atomic mass is 16.5. The lowest BCUT2D eigenvalue weighted by Crippen LogP contribution is -2.66. The summed E-state index contributed by atoms with van der Waals surface area (Å²) >= 11 is 0. The van der Waals surface area contributed by atoms with E-state index in [-0.39, 0.29) is 35.7 Å². The molecule has 0 amide bonds. The Labute approximate surface area is 287 Å². The van der Waals surface area contributed by atoms with Crippen LogP contribution in [0.15, 0.2) is 12.2 Å². The highest BCUT2D eigenvalue weighted by Crippen LogP contribution is 2.78. The number of methoxy groups -OCH3 is 1. The minimum atomic E-state index is -0.869. The van der Waals surface area contributed by atoms with Gasteiger partial charge in [0.15, 0.2) is 0 Å². The molecule has 5 rings (SSSR count). The van der Waals surface area contributed by atoms with Crippen molar-refractivity contribution in [2.24, 2.45) is 62.1 Å². The molecule has 2 unspecified atom stereocenters. The fourth-order valence-electron chi connectivity index (χ4n) is 13.6. The van der Waals surface area contributed by atoms with Crippen molar-refractivity contribution in [2.45, 2.75) is 145 Å². The zero-order chi connectivity index (χ0) is 34.6. The largest absolute Gasteiger partial charge is 0.481 e. The van der Waals surface area contributed by atoms with Gasteiger partial charge >= 0.3 is 11.9 Å². The lowest BCUT2D eigenvalue weighted by molar-refractivity contribution is -0.250. The Morgan fingerprint density at radius 1 is 0.872 bits per heavy atom. The molecule has 0 aliphatic heterocycles. The van der Waals surface area contributed by atoms with Gasteiger partial charge in [0.25, 0.3) is 0 Å². The van der Waals surface area contributed by atoms with Crippen molar-refractivity contribution in [3.8, 4) is 0 Å². The van der Waals surface area contributed by atoms with Crippen molar-refractivity contribution in [1.29, 1.82) is 0 Å². The van der Waals surface area contributed by atoms with Gasteiger partial charge in [0.1, 0.15) is 6.10 Å². The third-order valence-electron chi connectivity index (χ3n) is 16.0. The molecule has 6 heteroatoms. The Morgan fingerprint density at radius 2 is 1.60 bits per heavy atom. The molecule has 2 N–H and O–H groups in total. The molecular formula is C41H69NO5. The van der Waals surface area contributed by atoms with Gasteiger partial charge < -0.3 is 19.9 Å². The minimum absolute atomic E-state index is 0.0305. The van der Waals surface area contributed by atoms with Crippen LogP contribution in [0, 0.1) is 62.1 Å². The second kappa shape index (κ2) is 13.1. The highest BCUT2D eigenvalue weighted by molar-refractivity contribution is 5.73. The normalized spacial score (nSPS) is 42.4. The van der Waals surface area contributed by atoms with E-state index in [2.05, 4.69) is 53.4 Å². The Kier molecular flexibility index (Phi) is 10.2. The van der Waals surface area contributed by atoms with Gasteiger partial charge in [-0.2, -0.15) is 0 Å². The molecule has 0 spiro atoms. The van der Waals surface area contributed by atoms with Crippen LogP contribution in [0.2, 0.25) is 0 Å². The van der Waals surface area contributed by atoms with Gasteiger partial charge in [-0.05, 0) is 141 Å². The van der Waals surface area contributed by atoms with Crippen LogP contribution in [0.1, 0.15) is 139 Å². The van der Waals surface area contributed by atoms with Gasteiger partial charge in [-0.1, -0.05) is 60.6 Å². The van der Waals surface area contributed by atoms with Gasteiger partial charge in [-0.15, -0.1) is 0 Å². The average molecular weight is 656 g/mol. The predicted octanol–water partition coefficient (Wildman–Crippen LogP) is 9.07. The van der Waals surface area contributed by atoms with E-state index in [9.17, 15) is 14.7 Å². The predicted molar refractivity (Wildman–Crippen MR) is 189 cm³/mol. The number of aliphatic carboxylic acids is 1. The van der Waals surface area contributed by atoms with Crippen LogP contribution in [-0.2, 0) is 19.1 Å². The molecule has 47 heavy (non-hydrogen) atoms.